The first-order chi connectivity index (χ1) is 15.6. The van der Waals surface area contributed by atoms with Gasteiger partial charge in [0.05, 0.1) is 39.8 Å². The maximum atomic E-state index is 12.3. The van der Waals surface area contributed by atoms with Gasteiger partial charge in [-0.25, -0.2) is 23.4 Å². The van der Waals surface area contributed by atoms with E-state index in [1.165, 1.54) is 0 Å². The molecule has 0 saturated heterocycles. The smallest absolute Gasteiger partial charge is 0.226 e. The Balaban J connectivity index is 1.84. The molecule has 1 aliphatic heterocycles. The fourth-order valence-corrected chi connectivity index (χ4v) is 5.49. The first kappa shape index (κ1) is 23.3. The van der Waals surface area contributed by atoms with Crippen LogP contribution in [0.5, 0.6) is 0 Å². The highest BCUT2D eigenvalue weighted by Crippen LogP contribution is 2.37. The van der Waals surface area contributed by atoms with Crippen LogP contribution in [0, 0.1) is 12.8 Å². The van der Waals surface area contributed by atoms with Gasteiger partial charge in [0.1, 0.15) is 5.82 Å². The van der Waals surface area contributed by atoms with E-state index in [0.717, 1.165) is 17.6 Å². The first-order valence-corrected chi connectivity index (χ1v) is 12.9. The zero-order valence-corrected chi connectivity index (χ0v) is 20.3. The van der Waals surface area contributed by atoms with Gasteiger partial charge in [-0.3, -0.25) is 4.79 Å². The highest BCUT2D eigenvalue weighted by Gasteiger charge is 2.35. The fraction of sp³-hybridized carbons (Fsp3) is 0.478. The molecule has 0 bridgehead atoms. The van der Waals surface area contributed by atoms with Crippen LogP contribution >= 0.6 is 0 Å². The number of aliphatic hydroxyl groups is 1. The third-order valence-corrected chi connectivity index (χ3v) is 7.35. The Kier molecular flexibility index (Phi) is 6.00. The standard InChI is InChI=1S/C23H29N5O4S/c1-6-19(30)16-11-24-23(25-14(16)4)28-8-7-27-18-10-20(33(5,31)32)15(12-29)9-17(18)26-22(27)21(28)13(2)3/h9-11,13,21,29H,6-8,12H2,1-5H3/t21-/m1/s1. The van der Waals surface area contributed by atoms with Crippen LogP contribution < -0.4 is 4.90 Å². The summed E-state index contributed by atoms with van der Waals surface area (Å²) in [6.45, 7) is 8.63. The van der Waals surface area contributed by atoms with E-state index < -0.39 is 9.84 Å². The van der Waals surface area contributed by atoms with Crippen molar-refractivity contribution in [3.8, 4) is 0 Å². The lowest BCUT2D eigenvalue weighted by atomic mass is 10.00. The molecule has 9 nitrogen and oxygen atoms in total. The molecule has 4 rings (SSSR count). The summed E-state index contributed by atoms with van der Waals surface area (Å²) < 4.78 is 26.6. The number of benzene rings is 1. The molecule has 0 spiro atoms. The number of aryl methyl sites for hydroxylation is 1. The molecule has 2 aromatic heterocycles. The molecule has 33 heavy (non-hydrogen) atoms. The van der Waals surface area contributed by atoms with Crippen LogP contribution in [0.4, 0.5) is 5.95 Å². The van der Waals surface area contributed by atoms with Gasteiger partial charge < -0.3 is 14.6 Å². The predicted octanol–water partition coefficient (Wildman–Crippen LogP) is 2.84. The van der Waals surface area contributed by atoms with Gasteiger partial charge in [-0.15, -0.1) is 0 Å². The van der Waals surface area contributed by atoms with Crippen LogP contribution in [0.3, 0.4) is 0 Å². The average molecular weight is 472 g/mol. The van der Waals surface area contributed by atoms with Gasteiger partial charge in [0.2, 0.25) is 5.95 Å². The summed E-state index contributed by atoms with van der Waals surface area (Å²) in [5, 5.41) is 9.73. The number of ketones is 1. The number of carbonyl (C=O) groups is 1. The van der Waals surface area contributed by atoms with E-state index in [4.69, 9.17) is 4.98 Å². The second-order valence-corrected chi connectivity index (χ2v) is 10.8. The van der Waals surface area contributed by atoms with E-state index in [1.807, 2.05) is 18.4 Å². The lowest BCUT2D eigenvalue weighted by molar-refractivity contribution is 0.0986. The van der Waals surface area contributed by atoms with Crippen LogP contribution in [0.15, 0.2) is 23.2 Å². The summed E-state index contributed by atoms with van der Waals surface area (Å²) in [6.07, 6.45) is 3.15. The molecule has 3 aromatic rings. The number of aliphatic hydroxyl groups excluding tert-OH is 1. The van der Waals surface area contributed by atoms with Crippen molar-refractivity contribution in [3.05, 3.63) is 41.0 Å². The zero-order chi connectivity index (χ0) is 24.1. The molecule has 0 amide bonds. The molecule has 0 fully saturated rings. The van der Waals surface area contributed by atoms with E-state index in [9.17, 15) is 18.3 Å². The minimum atomic E-state index is -3.50. The van der Waals surface area contributed by atoms with Crippen LogP contribution in [0.2, 0.25) is 0 Å². The average Bonchev–Trinajstić information content (AvgIpc) is 3.13. The maximum Gasteiger partial charge on any atom is 0.226 e. The van der Waals surface area contributed by atoms with Crippen molar-refractivity contribution in [3.63, 3.8) is 0 Å². The van der Waals surface area contributed by atoms with Gasteiger partial charge >= 0.3 is 0 Å². The Morgan fingerprint density at radius 3 is 2.55 bits per heavy atom. The number of carbonyl (C=O) groups excluding carboxylic acids is 1. The Morgan fingerprint density at radius 2 is 1.97 bits per heavy atom. The molecule has 1 N–H and O–H groups in total. The molecule has 176 valence electrons. The monoisotopic (exact) mass is 471 g/mol. The minimum Gasteiger partial charge on any atom is -0.392 e. The number of hydrogen-bond acceptors (Lipinski definition) is 8. The number of aromatic nitrogens is 4. The topological polar surface area (TPSA) is 118 Å². The van der Waals surface area contributed by atoms with Gasteiger partial charge in [-0.2, -0.15) is 0 Å². The predicted molar refractivity (Wildman–Crippen MR) is 125 cm³/mol. The van der Waals surface area contributed by atoms with Crippen molar-refractivity contribution >= 4 is 32.6 Å². The van der Waals surface area contributed by atoms with Crippen molar-refractivity contribution in [2.45, 2.75) is 58.2 Å². The molecule has 1 aromatic carbocycles. The molecular formula is C23H29N5O4S. The SMILES string of the molecule is CCC(=O)c1cnc(N2CCn3c(nc4cc(CO)c(S(C)(=O)=O)cc43)[C@H]2C(C)C)nc1C. The second-order valence-electron chi connectivity index (χ2n) is 8.83. The highest BCUT2D eigenvalue weighted by atomic mass is 32.2. The summed E-state index contributed by atoms with van der Waals surface area (Å²) in [5.74, 6) is 1.52. The van der Waals surface area contributed by atoms with Crippen molar-refractivity contribution < 1.29 is 18.3 Å². The van der Waals surface area contributed by atoms with Crippen LogP contribution in [0.25, 0.3) is 11.0 Å². The zero-order valence-electron chi connectivity index (χ0n) is 19.5. The van der Waals surface area contributed by atoms with Crippen LogP contribution in [-0.4, -0.2) is 51.6 Å². The Morgan fingerprint density at radius 1 is 1.24 bits per heavy atom. The van der Waals surface area contributed by atoms with Crippen LogP contribution in [0.1, 0.15) is 60.7 Å². The molecule has 10 heteroatoms. The summed E-state index contributed by atoms with van der Waals surface area (Å²) in [6, 6.07) is 3.13. The van der Waals surface area contributed by atoms with Crippen molar-refractivity contribution in [1.29, 1.82) is 0 Å². The molecule has 0 unspecified atom stereocenters. The number of anilines is 1. The van der Waals surface area contributed by atoms with E-state index >= 15 is 0 Å². The summed E-state index contributed by atoms with van der Waals surface area (Å²) in [5.41, 5.74) is 2.91. The number of Topliss-reactive ketones (excluding diaryl/α,β-unsaturated/α-hetero) is 1. The van der Waals surface area contributed by atoms with E-state index in [0.29, 0.717) is 47.8 Å². The van der Waals surface area contributed by atoms with Crippen molar-refractivity contribution in [2.24, 2.45) is 5.92 Å². The van der Waals surface area contributed by atoms with Gasteiger partial charge in [0.15, 0.2) is 15.6 Å². The second kappa shape index (κ2) is 8.49. The van der Waals surface area contributed by atoms with E-state index in [1.54, 1.807) is 18.3 Å². The normalized spacial score (nSPS) is 16.5. The number of nitrogens with zero attached hydrogens (tertiary/aromatic N) is 5. The van der Waals surface area contributed by atoms with Crippen molar-refractivity contribution in [1.82, 2.24) is 19.5 Å². The number of imidazole rings is 1. The number of sulfone groups is 1. The molecular weight excluding hydrogens is 442 g/mol. The highest BCUT2D eigenvalue weighted by molar-refractivity contribution is 7.90. The first-order valence-electron chi connectivity index (χ1n) is 11.0. The maximum absolute atomic E-state index is 12.3. The number of hydrogen-bond donors (Lipinski definition) is 1. The van der Waals surface area contributed by atoms with Gasteiger partial charge in [0, 0.05) is 32.0 Å². The van der Waals surface area contributed by atoms with Crippen LogP contribution in [-0.2, 0) is 23.0 Å². The lowest BCUT2D eigenvalue weighted by Gasteiger charge is -2.38. The summed E-state index contributed by atoms with van der Waals surface area (Å²) in [4.78, 5) is 28.4. The van der Waals surface area contributed by atoms with Crippen molar-refractivity contribution in [2.75, 3.05) is 17.7 Å². The number of fused-ring (bicyclic) bond motifs is 3. The minimum absolute atomic E-state index is 0.0151. The molecule has 1 aliphatic rings. The van der Waals surface area contributed by atoms with Gasteiger partial charge in [0.25, 0.3) is 0 Å². The number of rotatable bonds is 6. The quantitative estimate of drug-likeness (QED) is 0.545. The third kappa shape index (κ3) is 4.02. The molecule has 0 saturated carbocycles. The van der Waals surface area contributed by atoms with Gasteiger partial charge in [-0.1, -0.05) is 20.8 Å². The Bertz CT molecular complexity index is 1350. The third-order valence-electron chi connectivity index (χ3n) is 6.17. The molecule has 1 atom stereocenters. The molecule has 0 radical (unpaired) electrons. The summed E-state index contributed by atoms with van der Waals surface area (Å²) >= 11 is 0. The summed E-state index contributed by atoms with van der Waals surface area (Å²) in [7, 11) is -3.50. The van der Waals surface area contributed by atoms with E-state index in [2.05, 4.69) is 28.7 Å². The van der Waals surface area contributed by atoms with Gasteiger partial charge in [-0.05, 0) is 30.5 Å². The largest absolute Gasteiger partial charge is 0.392 e. The molecule has 0 aliphatic carbocycles. The fourth-order valence-electron chi connectivity index (χ4n) is 4.57. The lowest BCUT2D eigenvalue weighted by Crippen LogP contribution is -2.42. The Hall–Kier alpha value is -2.85. The Labute approximate surface area is 193 Å². The molecule has 3 heterocycles. The van der Waals surface area contributed by atoms with E-state index in [-0.39, 0.29) is 29.2 Å².